The van der Waals surface area contributed by atoms with Crippen LogP contribution in [0.3, 0.4) is 0 Å². The van der Waals surface area contributed by atoms with Gasteiger partial charge in [0.25, 0.3) is 15.9 Å². The SMILES string of the molecule is O=C(NS(=O)(=O)C1CCCCN1C1CCNCC1)c1cc(N2CCC(N3CCOCC3)CC2)c2c(C3CCC3)nn(-c3ccccc3)c2n1. The van der Waals surface area contributed by atoms with E-state index < -0.39 is 21.3 Å². The second-order valence-corrected chi connectivity index (χ2v) is 16.3. The number of anilines is 1. The monoisotopic (exact) mass is 690 g/mol. The molecule has 4 aliphatic heterocycles. The molecule has 1 atom stereocenters. The normalized spacial score (nSPS) is 24.2. The second kappa shape index (κ2) is 14.3. The summed E-state index contributed by atoms with van der Waals surface area (Å²) in [6.07, 6.45) is 9.51. The highest BCUT2D eigenvalue weighted by Crippen LogP contribution is 2.43. The minimum absolute atomic E-state index is 0.114. The Hall–Kier alpha value is -3.10. The number of amides is 1. The fourth-order valence-electron chi connectivity index (χ4n) is 8.68. The molecule has 264 valence electrons. The number of piperidine rings is 3. The first-order valence-corrected chi connectivity index (χ1v) is 20.1. The molecule has 4 saturated heterocycles. The fourth-order valence-corrected chi connectivity index (χ4v) is 10.3. The maximum absolute atomic E-state index is 14.1. The van der Waals surface area contributed by atoms with Crippen LogP contribution >= 0.6 is 0 Å². The Bertz CT molecular complexity index is 1730. The van der Waals surface area contributed by atoms with Crippen molar-refractivity contribution in [1.29, 1.82) is 0 Å². The molecule has 0 bridgehead atoms. The molecular weight excluding hydrogens is 641 g/mol. The van der Waals surface area contributed by atoms with E-state index in [0.717, 1.165) is 133 Å². The predicted octanol–water partition coefficient (Wildman–Crippen LogP) is 3.61. The molecule has 1 saturated carbocycles. The van der Waals surface area contributed by atoms with E-state index in [2.05, 4.69) is 24.7 Å². The van der Waals surface area contributed by atoms with Crippen LogP contribution in [-0.4, -0.2) is 115 Å². The number of aromatic nitrogens is 3. The predicted molar refractivity (Wildman–Crippen MR) is 190 cm³/mol. The van der Waals surface area contributed by atoms with Crippen LogP contribution in [0.2, 0.25) is 0 Å². The van der Waals surface area contributed by atoms with E-state index in [9.17, 15) is 13.2 Å². The number of benzene rings is 1. The van der Waals surface area contributed by atoms with Gasteiger partial charge in [-0.1, -0.05) is 24.6 Å². The van der Waals surface area contributed by atoms with Crippen LogP contribution in [0.25, 0.3) is 16.7 Å². The summed E-state index contributed by atoms with van der Waals surface area (Å²) in [5.41, 5.74) is 3.56. The van der Waals surface area contributed by atoms with Gasteiger partial charge in [-0.2, -0.15) is 5.10 Å². The molecule has 2 N–H and O–H groups in total. The summed E-state index contributed by atoms with van der Waals surface area (Å²) in [4.78, 5) is 26.1. The smallest absolute Gasteiger partial charge is 0.283 e. The number of morpholine rings is 1. The number of likely N-dealkylation sites (tertiary alicyclic amines) is 1. The molecular formula is C36H50N8O4S. The fraction of sp³-hybridized carbons (Fsp3) is 0.639. The van der Waals surface area contributed by atoms with Gasteiger partial charge in [0.05, 0.1) is 35.7 Å². The molecule has 5 fully saturated rings. The van der Waals surface area contributed by atoms with E-state index >= 15 is 0 Å². The Kier molecular flexibility index (Phi) is 9.62. The summed E-state index contributed by atoms with van der Waals surface area (Å²) in [7, 11) is -3.99. The van der Waals surface area contributed by atoms with Gasteiger partial charge in [-0.25, -0.2) is 22.8 Å². The van der Waals surface area contributed by atoms with E-state index in [1.165, 1.54) is 6.42 Å². The average Bonchev–Trinajstić information content (AvgIpc) is 3.50. The standard InChI is InChI=1S/C36H50N8O4S/c45-36(40-49(46,47)32-11-4-5-18-43(32)28-12-16-37-17-13-28)30-25-31(42-19-14-27(15-20-42)41-21-23-48-24-22-41)33-34(26-7-6-8-26)39-44(35(33)38-30)29-9-2-1-3-10-29/h1-3,9-10,25-28,32,37H,4-8,11-24H2,(H,40,45). The van der Waals surface area contributed by atoms with Crippen LogP contribution in [0.1, 0.15) is 86.3 Å². The second-order valence-electron chi connectivity index (χ2n) is 14.5. The molecule has 0 radical (unpaired) electrons. The van der Waals surface area contributed by atoms with E-state index in [1.54, 1.807) is 0 Å². The summed E-state index contributed by atoms with van der Waals surface area (Å²) < 4.78 is 38.0. The van der Waals surface area contributed by atoms with Crippen molar-refractivity contribution in [2.75, 3.05) is 63.9 Å². The molecule has 1 aromatic carbocycles. The minimum atomic E-state index is -3.99. The van der Waals surface area contributed by atoms with Gasteiger partial charge >= 0.3 is 0 Å². The minimum Gasteiger partial charge on any atom is -0.379 e. The number of rotatable bonds is 8. The molecule has 1 unspecified atom stereocenters. The number of hydrogen-bond acceptors (Lipinski definition) is 10. The van der Waals surface area contributed by atoms with E-state index in [4.69, 9.17) is 14.8 Å². The first-order chi connectivity index (χ1) is 24.0. The zero-order valence-corrected chi connectivity index (χ0v) is 29.2. The summed E-state index contributed by atoms with van der Waals surface area (Å²) in [6.45, 7) is 7.69. The van der Waals surface area contributed by atoms with Gasteiger partial charge in [0.15, 0.2) is 5.65 Å². The van der Waals surface area contributed by atoms with Crippen LogP contribution in [0.4, 0.5) is 5.69 Å². The molecule has 5 aliphatic rings. The van der Waals surface area contributed by atoms with Crippen LogP contribution < -0.4 is 14.9 Å². The molecule has 13 heteroatoms. The quantitative estimate of drug-likeness (QED) is 0.362. The number of fused-ring (bicyclic) bond motifs is 1. The average molecular weight is 691 g/mol. The Morgan fingerprint density at radius 3 is 2.33 bits per heavy atom. The highest BCUT2D eigenvalue weighted by atomic mass is 32.2. The first kappa shape index (κ1) is 33.1. The molecule has 1 aliphatic carbocycles. The lowest BCUT2D eigenvalue weighted by Crippen LogP contribution is -2.56. The number of sulfonamides is 1. The zero-order chi connectivity index (χ0) is 33.4. The number of hydrogen-bond donors (Lipinski definition) is 2. The number of carbonyl (C=O) groups excluding carboxylic acids is 1. The maximum atomic E-state index is 14.1. The number of carbonyl (C=O) groups is 1. The Morgan fingerprint density at radius 2 is 1.61 bits per heavy atom. The van der Waals surface area contributed by atoms with Crippen molar-refractivity contribution in [3.05, 3.63) is 47.8 Å². The summed E-state index contributed by atoms with van der Waals surface area (Å²) >= 11 is 0. The number of para-hydroxylation sites is 1. The van der Waals surface area contributed by atoms with E-state index in [-0.39, 0.29) is 11.7 Å². The molecule has 0 spiro atoms. The summed E-state index contributed by atoms with van der Waals surface area (Å²) in [6, 6.07) is 12.5. The topological polar surface area (TPSA) is 125 Å². The first-order valence-electron chi connectivity index (χ1n) is 18.5. The molecule has 12 nitrogen and oxygen atoms in total. The van der Waals surface area contributed by atoms with Crippen molar-refractivity contribution in [2.24, 2.45) is 0 Å². The molecule has 2 aromatic heterocycles. The van der Waals surface area contributed by atoms with Crippen molar-refractivity contribution < 1.29 is 17.9 Å². The van der Waals surface area contributed by atoms with Gasteiger partial charge in [-0.3, -0.25) is 14.6 Å². The third kappa shape index (κ3) is 6.72. The highest BCUT2D eigenvalue weighted by molar-refractivity contribution is 7.90. The van der Waals surface area contributed by atoms with Crippen LogP contribution in [-0.2, 0) is 14.8 Å². The van der Waals surface area contributed by atoms with Crippen molar-refractivity contribution in [3.8, 4) is 5.69 Å². The lowest BCUT2D eigenvalue weighted by atomic mass is 9.82. The Morgan fingerprint density at radius 1 is 0.857 bits per heavy atom. The summed E-state index contributed by atoms with van der Waals surface area (Å²) in [5.74, 6) is -0.334. The third-order valence-electron chi connectivity index (χ3n) is 11.6. The van der Waals surface area contributed by atoms with Gasteiger partial charge < -0.3 is 15.0 Å². The van der Waals surface area contributed by atoms with Crippen molar-refractivity contribution in [2.45, 2.75) is 87.6 Å². The van der Waals surface area contributed by atoms with E-state index in [0.29, 0.717) is 24.0 Å². The van der Waals surface area contributed by atoms with Crippen LogP contribution in [0.5, 0.6) is 0 Å². The largest absolute Gasteiger partial charge is 0.379 e. The molecule has 49 heavy (non-hydrogen) atoms. The Balaban J connectivity index is 1.15. The summed E-state index contributed by atoms with van der Waals surface area (Å²) in [5, 5.41) is 8.83. The molecule has 8 rings (SSSR count). The number of ether oxygens (including phenoxy) is 1. The number of nitrogens with zero attached hydrogens (tertiary/aromatic N) is 6. The third-order valence-corrected chi connectivity index (χ3v) is 13.3. The van der Waals surface area contributed by atoms with Crippen LogP contribution in [0, 0.1) is 0 Å². The highest BCUT2D eigenvalue weighted by Gasteiger charge is 2.39. The van der Waals surface area contributed by atoms with E-state index in [1.807, 2.05) is 41.1 Å². The van der Waals surface area contributed by atoms with Crippen molar-refractivity contribution >= 4 is 32.7 Å². The van der Waals surface area contributed by atoms with Crippen LogP contribution in [0.15, 0.2) is 36.4 Å². The zero-order valence-electron chi connectivity index (χ0n) is 28.4. The number of nitrogens with one attached hydrogen (secondary N) is 2. The van der Waals surface area contributed by atoms with Gasteiger partial charge in [-0.05, 0) is 95.6 Å². The Labute approximate surface area is 289 Å². The van der Waals surface area contributed by atoms with Gasteiger partial charge in [0.2, 0.25) is 0 Å². The van der Waals surface area contributed by atoms with Crippen molar-refractivity contribution in [3.63, 3.8) is 0 Å². The lowest BCUT2D eigenvalue weighted by molar-refractivity contribution is 0.0115. The molecule has 1 amide bonds. The molecule has 3 aromatic rings. The van der Waals surface area contributed by atoms with Gasteiger partial charge in [0, 0.05) is 44.2 Å². The lowest BCUT2D eigenvalue weighted by Gasteiger charge is -2.42. The maximum Gasteiger partial charge on any atom is 0.283 e. The number of pyridine rings is 1. The van der Waals surface area contributed by atoms with Crippen molar-refractivity contribution in [1.82, 2.24) is 34.6 Å². The molecule has 6 heterocycles. The van der Waals surface area contributed by atoms with Gasteiger partial charge in [-0.15, -0.1) is 0 Å². The van der Waals surface area contributed by atoms with Gasteiger partial charge in [0.1, 0.15) is 11.1 Å².